The lowest BCUT2D eigenvalue weighted by atomic mass is 10.1. The molecule has 126 valence electrons. The summed E-state index contributed by atoms with van der Waals surface area (Å²) in [5.74, 6) is -1.56. The normalized spacial score (nSPS) is 10.3. The largest absolute Gasteiger partial charge is 0.462 e. The smallest absolute Gasteiger partial charge is 0.345 e. The first-order chi connectivity index (χ1) is 11.5. The number of esters is 2. The topological polar surface area (TPSA) is 65.5 Å². The first kappa shape index (κ1) is 18.2. The van der Waals surface area contributed by atoms with Gasteiger partial charge in [-0.05, 0) is 44.2 Å². The number of hydrogen-bond acceptors (Lipinski definition) is 5. The van der Waals surface area contributed by atoms with Crippen LogP contribution in [0.3, 0.4) is 0 Å². The molecule has 0 N–H and O–H groups in total. The molecule has 0 aliphatic rings. The fourth-order valence-electron chi connectivity index (χ4n) is 2.02. The Morgan fingerprint density at radius 2 is 1.71 bits per heavy atom. The maximum Gasteiger partial charge on any atom is 0.345 e. The number of hydrogen-bond donors (Lipinski definition) is 0. The highest BCUT2D eigenvalue weighted by atomic mass is 35.5. The standard InChI is InChI=1S/C17H15Cl2NO4/c1-3-23-16(21)13(17(22)24-4-2)9-11-7-10-8-12(18)5-6-14(10)20-15(11)19/h5-9H,3-4H2,1-2H3. The van der Waals surface area contributed by atoms with Gasteiger partial charge in [-0.25, -0.2) is 14.6 Å². The van der Waals surface area contributed by atoms with E-state index in [1.165, 1.54) is 6.08 Å². The quantitative estimate of drug-likeness (QED) is 0.262. The maximum absolute atomic E-state index is 12.0. The second kappa shape index (κ2) is 8.13. The summed E-state index contributed by atoms with van der Waals surface area (Å²) in [5, 5.41) is 1.42. The highest BCUT2D eigenvalue weighted by molar-refractivity contribution is 6.32. The van der Waals surface area contributed by atoms with Crippen LogP contribution < -0.4 is 0 Å². The Balaban J connectivity index is 2.54. The van der Waals surface area contributed by atoms with E-state index in [4.69, 9.17) is 32.7 Å². The highest BCUT2D eigenvalue weighted by Crippen LogP contribution is 2.25. The Bertz CT molecular complexity index is 798. The number of rotatable bonds is 5. The molecule has 0 fully saturated rings. The number of carbonyl (C=O) groups excluding carboxylic acids is 2. The predicted octanol–water partition coefficient (Wildman–Crippen LogP) is 4.05. The molecule has 1 aromatic heterocycles. The molecule has 0 saturated carbocycles. The molecule has 0 unspecified atom stereocenters. The van der Waals surface area contributed by atoms with E-state index >= 15 is 0 Å². The molecule has 0 atom stereocenters. The zero-order valence-corrected chi connectivity index (χ0v) is 14.6. The van der Waals surface area contributed by atoms with Gasteiger partial charge in [0, 0.05) is 16.0 Å². The summed E-state index contributed by atoms with van der Waals surface area (Å²) in [7, 11) is 0. The van der Waals surface area contributed by atoms with Crippen LogP contribution >= 0.6 is 23.2 Å². The van der Waals surface area contributed by atoms with Crippen LogP contribution in [0.15, 0.2) is 29.8 Å². The van der Waals surface area contributed by atoms with E-state index in [2.05, 4.69) is 4.98 Å². The summed E-state index contributed by atoms with van der Waals surface area (Å²) in [6.07, 6.45) is 1.31. The van der Waals surface area contributed by atoms with Crippen molar-refractivity contribution in [2.75, 3.05) is 13.2 Å². The van der Waals surface area contributed by atoms with Crippen molar-refractivity contribution in [2.24, 2.45) is 0 Å². The van der Waals surface area contributed by atoms with Crippen LogP contribution in [0.2, 0.25) is 10.2 Å². The lowest BCUT2D eigenvalue weighted by molar-refractivity contribution is -0.146. The second-order valence-corrected chi connectivity index (χ2v) is 5.50. The van der Waals surface area contributed by atoms with E-state index in [1.54, 1.807) is 38.1 Å². The number of fused-ring (bicyclic) bond motifs is 1. The molecule has 7 heteroatoms. The summed E-state index contributed by atoms with van der Waals surface area (Å²) >= 11 is 12.1. The average molecular weight is 368 g/mol. The van der Waals surface area contributed by atoms with Crippen molar-refractivity contribution in [3.8, 4) is 0 Å². The van der Waals surface area contributed by atoms with E-state index in [0.717, 1.165) is 5.39 Å². The summed E-state index contributed by atoms with van der Waals surface area (Å²) in [6, 6.07) is 6.83. The average Bonchev–Trinajstić information content (AvgIpc) is 2.53. The van der Waals surface area contributed by atoms with Crippen LogP contribution in [-0.4, -0.2) is 30.1 Å². The van der Waals surface area contributed by atoms with Gasteiger partial charge in [-0.15, -0.1) is 0 Å². The fraction of sp³-hybridized carbons (Fsp3) is 0.235. The number of ether oxygens (including phenoxy) is 2. The minimum atomic E-state index is -0.779. The van der Waals surface area contributed by atoms with Crippen LogP contribution in [0.4, 0.5) is 0 Å². The Kier molecular flexibility index (Phi) is 6.17. The molecule has 2 aromatic rings. The van der Waals surface area contributed by atoms with Crippen LogP contribution in [0.5, 0.6) is 0 Å². The molecule has 0 saturated heterocycles. The first-order valence-corrected chi connectivity index (χ1v) is 8.03. The predicted molar refractivity (Wildman–Crippen MR) is 93.0 cm³/mol. The van der Waals surface area contributed by atoms with Crippen LogP contribution in [0, 0.1) is 0 Å². The highest BCUT2D eigenvalue weighted by Gasteiger charge is 2.21. The number of nitrogens with zero attached hydrogens (tertiary/aromatic N) is 1. The van der Waals surface area contributed by atoms with Gasteiger partial charge in [0.25, 0.3) is 0 Å². The number of benzene rings is 1. The van der Waals surface area contributed by atoms with Gasteiger partial charge < -0.3 is 9.47 Å². The summed E-state index contributed by atoms with van der Waals surface area (Å²) in [4.78, 5) is 28.3. The van der Waals surface area contributed by atoms with Crippen molar-refractivity contribution in [2.45, 2.75) is 13.8 Å². The number of aromatic nitrogens is 1. The lowest BCUT2D eigenvalue weighted by Crippen LogP contribution is -2.18. The monoisotopic (exact) mass is 367 g/mol. The van der Waals surface area contributed by atoms with E-state index in [1.807, 2.05) is 0 Å². The second-order valence-electron chi connectivity index (χ2n) is 4.70. The van der Waals surface area contributed by atoms with Gasteiger partial charge in [0.1, 0.15) is 10.7 Å². The maximum atomic E-state index is 12.0. The van der Waals surface area contributed by atoms with Crippen molar-refractivity contribution in [1.29, 1.82) is 0 Å². The van der Waals surface area contributed by atoms with Crippen molar-refractivity contribution in [1.82, 2.24) is 4.98 Å². The third-order valence-electron chi connectivity index (χ3n) is 3.05. The Labute approximate surface area is 149 Å². The van der Waals surface area contributed by atoms with E-state index in [9.17, 15) is 9.59 Å². The van der Waals surface area contributed by atoms with Gasteiger partial charge in [-0.1, -0.05) is 23.2 Å². The summed E-state index contributed by atoms with van der Waals surface area (Å²) < 4.78 is 9.80. The lowest BCUT2D eigenvalue weighted by Gasteiger charge is -2.08. The van der Waals surface area contributed by atoms with Gasteiger partial charge >= 0.3 is 11.9 Å². The van der Waals surface area contributed by atoms with Crippen molar-refractivity contribution in [3.63, 3.8) is 0 Å². The Morgan fingerprint density at radius 3 is 2.29 bits per heavy atom. The molecule has 1 aromatic carbocycles. The molecule has 5 nitrogen and oxygen atoms in total. The molecule has 0 aliphatic heterocycles. The molecule has 24 heavy (non-hydrogen) atoms. The van der Waals surface area contributed by atoms with Crippen molar-refractivity contribution in [3.05, 3.63) is 45.6 Å². The number of carbonyl (C=O) groups is 2. The molecular formula is C17H15Cl2NO4. The molecular weight excluding hydrogens is 353 g/mol. The van der Waals surface area contributed by atoms with Gasteiger partial charge in [-0.3, -0.25) is 0 Å². The summed E-state index contributed by atoms with van der Waals surface area (Å²) in [6.45, 7) is 3.56. The zero-order chi connectivity index (χ0) is 17.7. The Hall–Kier alpha value is -2.11. The van der Waals surface area contributed by atoms with Crippen LogP contribution in [0.25, 0.3) is 17.0 Å². The van der Waals surface area contributed by atoms with Crippen molar-refractivity contribution < 1.29 is 19.1 Å². The van der Waals surface area contributed by atoms with Gasteiger partial charge in [0.2, 0.25) is 0 Å². The number of pyridine rings is 1. The Morgan fingerprint density at radius 1 is 1.08 bits per heavy atom. The zero-order valence-electron chi connectivity index (χ0n) is 13.1. The minimum Gasteiger partial charge on any atom is -0.462 e. The first-order valence-electron chi connectivity index (χ1n) is 7.28. The minimum absolute atomic E-state index is 0.134. The van der Waals surface area contributed by atoms with Crippen molar-refractivity contribution >= 4 is 52.1 Å². The molecule has 1 heterocycles. The van der Waals surface area contributed by atoms with E-state index in [-0.39, 0.29) is 23.9 Å². The number of halogens is 2. The van der Waals surface area contributed by atoms with Gasteiger partial charge in [-0.2, -0.15) is 0 Å². The third kappa shape index (κ3) is 4.24. The van der Waals surface area contributed by atoms with E-state index in [0.29, 0.717) is 16.1 Å². The van der Waals surface area contributed by atoms with Crippen LogP contribution in [-0.2, 0) is 19.1 Å². The molecule has 2 rings (SSSR count). The molecule has 0 bridgehead atoms. The van der Waals surface area contributed by atoms with Gasteiger partial charge in [0.15, 0.2) is 0 Å². The molecule has 0 spiro atoms. The molecule has 0 amide bonds. The van der Waals surface area contributed by atoms with E-state index < -0.39 is 11.9 Å². The molecule has 0 aliphatic carbocycles. The SMILES string of the molecule is CCOC(=O)C(=Cc1cc2cc(Cl)ccc2nc1Cl)C(=O)OCC. The molecule has 0 radical (unpaired) electrons. The van der Waals surface area contributed by atoms with Crippen LogP contribution in [0.1, 0.15) is 19.4 Å². The van der Waals surface area contributed by atoms with Gasteiger partial charge in [0.05, 0.1) is 18.7 Å². The third-order valence-corrected chi connectivity index (χ3v) is 3.59. The summed E-state index contributed by atoms with van der Waals surface area (Å²) in [5.41, 5.74) is 0.793. The fourth-order valence-corrected chi connectivity index (χ4v) is 2.40.